The molecule has 0 spiro atoms. The number of aromatic amines is 2. The third-order valence-corrected chi connectivity index (χ3v) is 6.77. The van der Waals surface area contributed by atoms with E-state index >= 15 is 0 Å². The van der Waals surface area contributed by atoms with Crippen LogP contribution in [0.25, 0.3) is 0 Å². The summed E-state index contributed by atoms with van der Waals surface area (Å²) in [6, 6.07) is 9.75. The largest absolute Gasteiger partial charge is 0.493 e. The molecule has 32 heavy (non-hydrogen) atoms. The maximum atomic E-state index is 12.8. The molecular weight excluding hydrogens is 408 g/mol. The van der Waals surface area contributed by atoms with Crippen molar-refractivity contribution in [3.8, 4) is 11.9 Å². The second-order valence-corrected chi connectivity index (χ2v) is 8.92. The van der Waals surface area contributed by atoms with Crippen LogP contribution in [0.3, 0.4) is 0 Å². The Hall–Kier alpha value is -3.25. The average molecular weight is 439 g/mol. The predicted molar refractivity (Wildman–Crippen MR) is 120 cm³/mol. The highest BCUT2D eigenvalue weighted by Gasteiger charge is 2.43. The number of piperidine rings is 1. The van der Waals surface area contributed by atoms with Crippen LogP contribution >= 0.6 is 0 Å². The molecule has 2 bridgehead atoms. The smallest absolute Gasteiger partial charge is 0.325 e. The summed E-state index contributed by atoms with van der Waals surface area (Å²) < 4.78 is 0. The van der Waals surface area contributed by atoms with Gasteiger partial charge in [0.2, 0.25) is 11.8 Å². The number of aromatic nitrogens is 2. The lowest BCUT2D eigenvalue weighted by Gasteiger charge is -2.38. The van der Waals surface area contributed by atoms with E-state index in [1.807, 2.05) is 24.3 Å². The van der Waals surface area contributed by atoms with Gasteiger partial charge in [-0.15, -0.1) is 0 Å². The molecular formula is C23H30N6O3. The van der Waals surface area contributed by atoms with E-state index in [9.17, 15) is 14.7 Å². The van der Waals surface area contributed by atoms with Gasteiger partial charge in [0.15, 0.2) is 0 Å². The summed E-state index contributed by atoms with van der Waals surface area (Å²) in [6.07, 6.45) is 3.24. The number of hydrogen-bond donors (Lipinski definition) is 5. The first kappa shape index (κ1) is 22.0. The number of nitriles is 1. The van der Waals surface area contributed by atoms with Crippen molar-refractivity contribution in [1.82, 2.24) is 20.2 Å². The zero-order valence-electron chi connectivity index (χ0n) is 18.2. The molecule has 1 aliphatic heterocycles. The van der Waals surface area contributed by atoms with Gasteiger partial charge in [-0.1, -0.05) is 0 Å². The topological polar surface area (TPSA) is 137 Å². The molecule has 170 valence electrons. The SMILES string of the molecule is CC(C(=O)NC1C2CCC1CN(CCCNc1ccc(C#N)cc1)C2)c1[nH]c(=O)[nH]c1O. The highest BCUT2D eigenvalue weighted by molar-refractivity contribution is 5.83. The van der Waals surface area contributed by atoms with Crippen molar-refractivity contribution in [3.63, 3.8) is 0 Å². The predicted octanol–water partition coefficient (Wildman–Crippen LogP) is 1.71. The molecule has 1 amide bonds. The highest BCUT2D eigenvalue weighted by atomic mass is 16.3. The van der Waals surface area contributed by atoms with Gasteiger partial charge >= 0.3 is 5.69 Å². The molecule has 9 nitrogen and oxygen atoms in total. The molecule has 0 radical (unpaired) electrons. The van der Waals surface area contributed by atoms with Gasteiger partial charge in [0, 0.05) is 31.4 Å². The van der Waals surface area contributed by atoms with E-state index in [-0.39, 0.29) is 23.5 Å². The quantitative estimate of drug-likeness (QED) is 0.398. The second-order valence-electron chi connectivity index (χ2n) is 8.92. The maximum Gasteiger partial charge on any atom is 0.325 e. The van der Waals surface area contributed by atoms with Crippen molar-refractivity contribution in [2.45, 2.75) is 38.1 Å². The third kappa shape index (κ3) is 4.81. The number of nitrogens with one attached hydrogen (secondary N) is 4. The van der Waals surface area contributed by atoms with Crippen LogP contribution in [0.15, 0.2) is 29.1 Å². The first-order valence-corrected chi connectivity index (χ1v) is 11.2. The lowest BCUT2D eigenvalue weighted by atomic mass is 9.91. The lowest BCUT2D eigenvalue weighted by molar-refractivity contribution is -0.124. The van der Waals surface area contributed by atoms with Crippen molar-refractivity contribution in [2.24, 2.45) is 11.8 Å². The fourth-order valence-electron chi connectivity index (χ4n) is 5.06. The molecule has 5 N–H and O–H groups in total. The number of rotatable bonds is 8. The number of nitrogens with zero attached hydrogens (tertiary/aromatic N) is 2. The molecule has 1 aliphatic carbocycles. The Labute approximate surface area is 186 Å². The van der Waals surface area contributed by atoms with E-state index in [2.05, 4.69) is 31.6 Å². The van der Waals surface area contributed by atoms with Gasteiger partial charge in [-0.05, 0) is 68.8 Å². The number of carbonyl (C=O) groups excluding carboxylic acids is 1. The Morgan fingerprint density at radius 3 is 2.53 bits per heavy atom. The first-order chi connectivity index (χ1) is 15.4. The summed E-state index contributed by atoms with van der Waals surface area (Å²) in [7, 11) is 0. The number of likely N-dealkylation sites (tertiary alicyclic amines) is 1. The Bertz CT molecular complexity index is 1020. The van der Waals surface area contributed by atoms with Crippen molar-refractivity contribution >= 4 is 11.6 Å². The molecule has 2 fully saturated rings. The molecule has 1 aromatic heterocycles. The summed E-state index contributed by atoms with van der Waals surface area (Å²) in [5, 5.41) is 25.3. The van der Waals surface area contributed by atoms with Crippen LogP contribution in [0.5, 0.6) is 5.88 Å². The molecule has 9 heteroatoms. The Morgan fingerprint density at radius 1 is 1.25 bits per heavy atom. The molecule has 4 rings (SSSR count). The number of amides is 1. The van der Waals surface area contributed by atoms with Crippen molar-refractivity contribution in [1.29, 1.82) is 5.26 Å². The molecule has 1 saturated heterocycles. The van der Waals surface area contributed by atoms with Crippen LogP contribution in [0, 0.1) is 23.2 Å². The fraction of sp³-hybridized carbons (Fsp3) is 0.522. The van der Waals surface area contributed by atoms with Gasteiger partial charge in [-0.2, -0.15) is 5.26 Å². The van der Waals surface area contributed by atoms with Gasteiger partial charge in [0.05, 0.1) is 23.2 Å². The number of fused-ring (bicyclic) bond motifs is 2. The van der Waals surface area contributed by atoms with E-state index in [0.717, 1.165) is 51.1 Å². The summed E-state index contributed by atoms with van der Waals surface area (Å²) in [5.41, 5.74) is 1.40. The van der Waals surface area contributed by atoms with E-state index in [0.29, 0.717) is 17.4 Å². The monoisotopic (exact) mass is 438 g/mol. The summed E-state index contributed by atoms with van der Waals surface area (Å²) in [5.74, 6) is -0.215. The van der Waals surface area contributed by atoms with Gasteiger partial charge in [-0.3, -0.25) is 9.78 Å². The minimum Gasteiger partial charge on any atom is -0.493 e. The summed E-state index contributed by atoms with van der Waals surface area (Å²) in [6.45, 7) is 5.50. The zero-order chi connectivity index (χ0) is 22.7. The second kappa shape index (κ2) is 9.49. The van der Waals surface area contributed by atoms with E-state index in [1.165, 1.54) is 0 Å². The number of hydrogen-bond acceptors (Lipinski definition) is 6. The highest BCUT2D eigenvalue weighted by Crippen LogP contribution is 2.37. The molecule has 2 aliphatic rings. The summed E-state index contributed by atoms with van der Waals surface area (Å²) >= 11 is 0. The van der Waals surface area contributed by atoms with E-state index in [4.69, 9.17) is 5.26 Å². The minimum absolute atomic E-state index is 0.144. The number of imidazole rings is 1. The number of aromatic hydroxyl groups is 1. The maximum absolute atomic E-state index is 12.8. The molecule has 3 atom stereocenters. The van der Waals surface area contributed by atoms with Crippen LogP contribution in [0.2, 0.25) is 0 Å². The average Bonchev–Trinajstić information content (AvgIpc) is 3.23. The molecule has 1 aromatic carbocycles. The molecule has 1 saturated carbocycles. The minimum atomic E-state index is -0.625. The standard InChI is InChI=1S/C23H30N6O3/c1-14(19-22(31)28-23(32)27-19)21(30)26-20-16-5-6-17(20)13-29(12-16)10-2-9-25-18-7-3-15(11-24)4-8-18/h3-4,7-8,14,16-17,20,25,31H,2,5-6,9-10,12-13H2,1H3,(H,26,30)(H2,27,28,32). The molecule has 2 aromatic rings. The van der Waals surface area contributed by atoms with Gasteiger partial charge in [0.25, 0.3) is 0 Å². The van der Waals surface area contributed by atoms with Crippen LogP contribution in [0.1, 0.15) is 43.4 Å². The Morgan fingerprint density at radius 2 is 1.94 bits per heavy atom. The molecule has 3 unspecified atom stereocenters. The van der Waals surface area contributed by atoms with Gasteiger partial charge in [0.1, 0.15) is 0 Å². The van der Waals surface area contributed by atoms with E-state index in [1.54, 1.807) is 6.92 Å². The third-order valence-electron chi connectivity index (χ3n) is 6.77. The Kier molecular flexibility index (Phi) is 6.51. The van der Waals surface area contributed by atoms with Crippen LogP contribution in [-0.4, -0.2) is 58.1 Å². The molecule has 2 heterocycles. The van der Waals surface area contributed by atoms with Crippen LogP contribution < -0.4 is 16.3 Å². The number of anilines is 1. The zero-order valence-corrected chi connectivity index (χ0v) is 18.2. The van der Waals surface area contributed by atoms with Crippen molar-refractivity contribution < 1.29 is 9.90 Å². The van der Waals surface area contributed by atoms with E-state index < -0.39 is 11.6 Å². The fourth-order valence-corrected chi connectivity index (χ4v) is 5.06. The summed E-state index contributed by atoms with van der Waals surface area (Å²) in [4.78, 5) is 31.4. The van der Waals surface area contributed by atoms with Crippen molar-refractivity contribution in [3.05, 3.63) is 46.0 Å². The first-order valence-electron chi connectivity index (χ1n) is 11.2. The number of carbonyl (C=O) groups is 1. The van der Waals surface area contributed by atoms with Crippen LogP contribution in [0.4, 0.5) is 5.69 Å². The lowest BCUT2D eigenvalue weighted by Crippen LogP contribution is -2.53. The van der Waals surface area contributed by atoms with Crippen LogP contribution in [-0.2, 0) is 4.79 Å². The Balaban J connectivity index is 1.23. The number of H-pyrrole nitrogens is 2. The van der Waals surface area contributed by atoms with Gasteiger partial charge in [-0.25, -0.2) is 4.79 Å². The number of benzene rings is 1. The van der Waals surface area contributed by atoms with Gasteiger partial charge < -0.3 is 25.6 Å². The normalized spacial score (nSPS) is 23.4. The van der Waals surface area contributed by atoms with Crippen molar-refractivity contribution in [2.75, 3.05) is 31.5 Å².